The molecule has 0 atom stereocenters. The Morgan fingerprint density at radius 1 is 1.45 bits per heavy atom. The second-order valence-electron chi connectivity index (χ2n) is 2.45. The first-order valence-corrected chi connectivity index (χ1v) is 3.34. The Balaban J connectivity index is 2.96. The standard InChI is InChI=1S/C7H6BN3/c1-5-4-10-11-7(5)6(8)2-3-9-11/h2-4H,1H3. The van der Waals surface area contributed by atoms with Crippen LogP contribution >= 0.6 is 0 Å². The van der Waals surface area contributed by atoms with Gasteiger partial charge in [-0.3, -0.25) is 0 Å². The van der Waals surface area contributed by atoms with Crippen LogP contribution < -0.4 is 5.46 Å². The second-order valence-corrected chi connectivity index (χ2v) is 2.45. The number of hydrogen-bond acceptors (Lipinski definition) is 2. The van der Waals surface area contributed by atoms with Crippen LogP contribution in [0.1, 0.15) is 5.56 Å². The number of aromatic nitrogens is 3. The molecular weight excluding hydrogens is 137 g/mol. The van der Waals surface area contributed by atoms with Gasteiger partial charge in [-0.05, 0) is 18.6 Å². The summed E-state index contributed by atoms with van der Waals surface area (Å²) in [6, 6.07) is 1.77. The van der Waals surface area contributed by atoms with E-state index < -0.39 is 0 Å². The Labute approximate surface area is 65.4 Å². The number of rotatable bonds is 0. The minimum absolute atomic E-state index is 0.718. The van der Waals surface area contributed by atoms with Gasteiger partial charge in [0.2, 0.25) is 0 Å². The lowest BCUT2D eigenvalue weighted by Crippen LogP contribution is -2.09. The highest BCUT2D eigenvalue weighted by molar-refractivity contribution is 6.36. The third-order valence-corrected chi connectivity index (χ3v) is 1.64. The fraction of sp³-hybridized carbons (Fsp3) is 0.143. The molecule has 0 fully saturated rings. The zero-order valence-corrected chi connectivity index (χ0v) is 6.15. The molecule has 2 heterocycles. The van der Waals surface area contributed by atoms with E-state index in [-0.39, 0.29) is 0 Å². The highest BCUT2D eigenvalue weighted by Crippen LogP contribution is 2.02. The molecule has 0 N–H and O–H groups in total. The first-order chi connectivity index (χ1) is 5.29. The topological polar surface area (TPSA) is 30.2 Å². The molecule has 0 aliphatic rings. The van der Waals surface area contributed by atoms with E-state index in [1.807, 2.05) is 6.92 Å². The van der Waals surface area contributed by atoms with Crippen molar-refractivity contribution in [2.24, 2.45) is 0 Å². The van der Waals surface area contributed by atoms with Crippen LogP contribution in [0.3, 0.4) is 0 Å². The van der Waals surface area contributed by atoms with Crippen LogP contribution in [0.5, 0.6) is 0 Å². The molecule has 0 amide bonds. The van der Waals surface area contributed by atoms with Crippen molar-refractivity contribution in [1.82, 2.24) is 14.8 Å². The molecule has 0 aliphatic heterocycles. The molecule has 3 nitrogen and oxygen atoms in total. The normalized spacial score (nSPS) is 10.6. The van der Waals surface area contributed by atoms with E-state index in [0.717, 1.165) is 16.5 Å². The van der Waals surface area contributed by atoms with Gasteiger partial charge in [0.1, 0.15) is 7.85 Å². The maximum absolute atomic E-state index is 5.70. The summed E-state index contributed by atoms with van der Waals surface area (Å²) in [6.45, 7) is 1.96. The predicted molar refractivity (Wildman–Crippen MR) is 43.1 cm³/mol. The molecule has 2 radical (unpaired) electrons. The van der Waals surface area contributed by atoms with Crippen LogP contribution in [0.15, 0.2) is 18.5 Å². The lowest BCUT2D eigenvalue weighted by atomic mass is 9.95. The fourth-order valence-corrected chi connectivity index (χ4v) is 1.10. The molecule has 0 saturated heterocycles. The highest BCUT2D eigenvalue weighted by Gasteiger charge is 2.00. The summed E-state index contributed by atoms with van der Waals surface area (Å²) in [4.78, 5) is 0. The van der Waals surface area contributed by atoms with Crippen LogP contribution in [0.4, 0.5) is 0 Å². The SMILES string of the molecule is [B]c1ccnn2ncc(C)c12. The molecule has 0 aliphatic carbocycles. The van der Waals surface area contributed by atoms with Crippen molar-refractivity contribution < 1.29 is 0 Å². The summed E-state index contributed by atoms with van der Waals surface area (Å²) in [6.07, 6.45) is 3.38. The molecule has 4 heteroatoms. The van der Waals surface area contributed by atoms with Gasteiger partial charge in [-0.2, -0.15) is 14.8 Å². The van der Waals surface area contributed by atoms with E-state index in [9.17, 15) is 0 Å². The summed E-state index contributed by atoms with van der Waals surface area (Å²) in [5.41, 5.74) is 2.66. The van der Waals surface area contributed by atoms with Crippen LogP contribution in [-0.2, 0) is 0 Å². The van der Waals surface area contributed by atoms with Gasteiger partial charge in [0.05, 0.1) is 11.7 Å². The average Bonchev–Trinajstić information content (AvgIpc) is 2.34. The first kappa shape index (κ1) is 6.40. The van der Waals surface area contributed by atoms with E-state index in [0.29, 0.717) is 0 Å². The van der Waals surface area contributed by atoms with Crippen molar-refractivity contribution in [2.45, 2.75) is 6.92 Å². The lowest BCUT2D eigenvalue weighted by molar-refractivity contribution is 0.802. The average molecular weight is 143 g/mol. The van der Waals surface area contributed by atoms with E-state index in [4.69, 9.17) is 7.85 Å². The number of aryl methyl sites for hydroxylation is 1. The van der Waals surface area contributed by atoms with Gasteiger partial charge in [-0.15, -0.1) is 0 Å². The number of hydrogen-bond donors (Lipinski definition) is 0. The van der Waals surface area contributed by atoms with Crippen LogP contribution in [0, 0.1) is 6.92 Å². The Morgan fingerprint density at radius 2 is 2.27 bits per heavy atom. The fourth-order valence-electron chi connectivity index (χ4n) is 1.10. The molecule has 2 aromatic rings. The third-order valence-electron chi connectivity index (χ3n) is 1.64. The molecule has 2 aromatic heterocycles. The minimum atomic E-state index is 0.718. The number of fused-ring (bicyclic) bond motifs is 1. The van der Waals surface area contributed by atoms with Crippen molar-refractivity contribution in [3.63, 3.8) is 0 Å². The van der Waals surface area contributed by atoms with E-state index in [1.165, 1.54) is 4.63 Å². The van der Waals surface area contributed by atoms with Crippen molar-refractivity contribution in [3.05, 3.63) is 24.0 Å². The lowest BCUT2D eigenvalue weighted by Gasteiger charge is -1.95. The molecular formula is C7H6BN3. The molecule has 0 saturated carbocycles. The summed E-state index contributed by atoms with van der Waals surface area (Å²) in [5, 5.41) is 7.99. The van der Waals surface area contributed by atoms with Gasteiger partial charge in [0.15, 0.2) is 0 Å². The summed E-state index contributed by atoms with van der Waals surface area (Å²) >= 11 is 0. The maximum Gasteiger partial charge on any atom is 0.117 e. The summed E-state index contributed by atoms with van der Waals surface area (Å²) < 4.78 is 1.53. The quantitative estimate of drug-likeness (QED) is 0.479. The zero-order valence-electron chi connectivity index (χ0n) is 6.15. The van der Waals surface area contributed by atoms with Crippen molar-refractivity contribution >= 4 is 18.8 Å². The summed E-state index contributed by atoms with van der Waals surface area (Å²) in [5.74, 6) is 0. The predicted octanol–water partition coefficient (Wildman–Crippen LogP) is -0.168. The van der Waals surface area contributed by atoms with Crippen molar-refractivity contribution in [1.29, 1.82) is 0 Å². The second kappa shape index (κ2) is 2.08. The van der Waals surface area contributed by atoms with Gasteiger partial charge >= 0.3 is 0 Å². The molecule has 0 unspecified atom stereocenters. The molecule has 2 rings (SSSR count). The molecule has 11 heavy (non-hydrogen) atoms. The largest absolute Gasteiger partial charge is 0.159 e. The van der Waals surface area contributed by atoms with E-state index in [1.54, 1.807) is 18.5 Å². The molecule has 52 valence electrons. The Kier molecular flexibility index (Phi) is 1.21. The van der Waals surface area contributed by atoms with Gasteiger partial charge in [-0.1, -0.05) is 5.46 Å². The summed E-state index contributed by atoms with van der Waals surface area (Å²) in [7, 11) is 5.70. The van der Waals surface area contributed by atoms with Crippen LogP contribution in [0.2, 0.25) is 0 Å². The van der Waals surface area contributed by atoms with Gasteiger partial charge < -0.3 is 0 Å². The van der Waals surface area contributed by atoms with Crippen molar-refractivity contribution in [2.75, 3.05) is 0 Å². The monoisotopic (exact) mass is 143 g/mol. The Hall–Kier alpha value is -1.32. The van der Waals surface area contributed by atoms with Gasteiger partial charge in [0, 0.05) is 6.20 Å². The molecule has 0 bridgehead atoms. The van der Waals surface area contributed by atoms with E-state index in [2.05, 4.69) is 10.2 Å². The zero-order chi connectivity index (χ0) is 7.84. The van der Waals surface area contributed by atoms with Crippen molar-refractivity contribution in [3.8, 4) is 0 Å². The number of nitrogens with zero attached hydrogens (tertiary/aromatic N) is 3. The van der Waals surface area contributed by atoms with Gasteiger partial charge in [0.25, 0.3) is 0 Å². The molecule has 0 aromatic carbocycles. The third kappa shape index (κ3) is 0.825. The maximum atomic E-state index is 5.70. The molecule has 0 spiro atoms. The van der Waals surface area contributed by atoms with E-state index >= 15 is 0 Å². The highest BCUT2D eigenvalue weighted by atomic mass is 15.4. The van der Waals surface area contributed by atoms with Crippen LogP contribution in [0.25, 0.3) is 5.52 Å². The Morgan fingerprint density at radius 3 is 3.00 bits per heavy atom. The minimum Gasteiger partial charge on any atom is -0.159 e. The first-order valence-electron chi connectivity index (χ1n) is 3.34. The smallest absolute Gasteiger partial charge is 0.117 e. The Bertz CT molecular complexity index is 393. The van der Waals surface area contributed by atoms with Crippen LogP contribution in [-0.4, -0.2) is 22.7 Å². The van der Waals surface area contributed by atoms with Gasteiger partial charge in [-0.25, -0.2) is 0 Å².